The highest BCUT2D eigenvalue weighted by molar-refractivity contribution is 5.56. The summed E-state index contributed by atoms with van der Waals surface area (Å²) in [6, 6.07) is 1.81. The van der Waals surface area contributed by atoms with Gasteiger partial charge in [-0.1, -0.05) is 0 Å². The summed E-state index contributed by atoms with van der Waals surface area (Å²) in [5, 5.41) is 8.42. The Bertz CT molecular complexity index is 423. The fourth-order valence-corrected chi connectivity index (χ4v) is 0.827. The molecule has 0 unspecified atom stereocenters. The van der Waals surface area contributed by atoms with Crippen LogP contribution in [0, 0.1) is 17.3 Å². The molecule has 1 rings (SSSR count). The molecule has 1 aromatic heterocycles. The van der Waals surface area contributed by atoms with E-state index in [2.05, 4.69) is 9.72 Å². The van der Waals surface area contributed by atoms with Gasteiger partial charge in [0.05, 0.1) is 0 Å². The Morgan fingerprint density at radius 3 is 2.53 bits per heavy atom. The van der Waals surface area contributed by atoms with Gasteiger partial charge in [0.2, 0.25) is 5.95 Å². The highest BCUT2D eigenvalue weighted by Gasteiger charge is 2.33. The molecule has 80 valence electrons. The summed E-state index contributed by atoms with van der Waals surface area (Å²) in [6.07, 6.45) is -5.01. The summed E-state index contributed by atoms with van der Waals surface area (Å²) in [4.78, 5) is 2.90. The number of hydrogen-bond acceptors (Lipinski definition) is 4. The molecule has 0 amide bonds. The Hall–Kier alpha value is -2.04. The van der Waals surface area contributed by atoms with Gasteiger partial charge < -0.3 is 10.5 Å². The van der Waals surface area contributed by atoms with Gasteiger partial charge in [0.15, 0.2) is 11.6 Å². The molecule has 8 heteroatoms. The van der Waals surface area contributed by atoms with Crippen molar-refractivity contribution in [2.75, 3.05) is 5.73 Å². The maximum atomic E-state index is 12.5. The van der Waals surface area contributed by atoms with Crippen LogP contribution in [-0.4, -0.2) is 11.3 Å². The summed E-state index contributed by atoms with van der Waals surface area (Å²) < 4.78 is 51.5. The number of aromatic nitrogens is 1. The lowest BCUT2D eigenvalue weighted by molar-refractivity contribution is -0.274. The topological polar surface area (TPSA) is 71.9 Å². The van der Waals surface area contributed by atoms with Gasteiger partial charge in [0.25, 0.3) is 0 Å². The quantitative estimate of drug-likeness (QED) is 0.577. The zero-order chi connectivity index (χ0) is 11.6. The van der Waals surface area contributed by atoms with Crippen molar-refractivity contribution in [1.82, 2.24) is 4.98 Å². The van der Waals surface area contributed by atoms with Gasteiger partial charge in [0, 0.05) is 6.07 Å². The van der Waals surface area contributed by atoms with Crippen LogP contribution in [0.5, 0.6) is 5.75 Å². The minimum absolute atomic E-state index is 0.497. The fraction of sp³-hybridized carbons (Fsp3) is 0.143. The van der Waals surface area contributed by atoms with Crippen LogP contribution in [0.2, 0.25) is 0 Å². The molecule has 0 saturated heterocycles. The van der Waals surface area contributed by atoms with Crippen molar-refractivity contribution in [2.24, 2.45) is 0 Å². The van der Waals surface area contributed by atoms with Crippen LogP contribution >= 0.6 is 0 Å². The van der Waals surface area contributed by atoms with Crippen molar-refractivity contribution in [1.29, 1.82) is 5.26 Å². The van der Waals surface area contributed by atoms with E-state index >= 15 is 0 Å². The zero-order valence-corrected chi connectivity index (χ0v) is 6.97. The van der Waals surface area contributed by atoms with E-state index in [0.29, 0.717) is 6.07 Å². The van der Waals surface area contributed by atoms with Gasteiger partial charge in [-0.05, 0) is 0 Å². The lowest BCUT2D eigenvalue weighted by Gasteiger charge is -2.11. The average Bonchev–Trinajstić information content (AvgIpc) is 2.07. The van der Waals surface area contributed by atoms with E-state index in [1.165, 1.54) is 6.07 Å². The Morgan fingerprint density at radius 1 is 1.47 bits per heavy atom. The second-order valence-corrected chi connectivity index (χ2v) is 2.37. The Morgan fingerprint density at radius 2 is 2.07 bits per heavy atom. The minimum atomic E-state index is -5.01. The maximum absolute atomic E-state index is 12.5. The summed E-state index contributed by atoms with van der Waals surface area (Å²) in [7, 11) is 0. The molecule has 0 saturated carbocycles. The predicted octanol–water partition coefficient (Wildman–Crippen LogP) is 1.57. The first kappa shape index (κ1) is 11.0. The van der Waals surface area contributed by atoms with Crippen LogP contribution in [0.25, 0.3) is 0 Å². The third-order valence-corrected chi connectivity index (χ3v) is 1.31. The first-order chi connectivity index (χ1) is 6.83. The van der Waals surface area contributed by atoms with E-state index in [9.17, 15) is 17.6 Å². The summed E-state index contributed by atoms with van der Waals surface area (Å²) in [5.74, 6) is -2.98. The molecule has 15 heavy (non-hydrogen) atoms. The molecule has 0 aliphatic rings. The number of alkyl halides is 3. The molecule has 2 N–H and O–H groups in total. The van der Waals surface area contributed by atoms with Crippen LogP contribution in [-0.2, 0) is 0 Å². The number of nitriles is 1. The molecule has 0 atom stereocenters. The Balaban J connectivity index is 3.23. The minimum Gasteiger partial charge on any atom is -0.400 e. The van der Waals surface area contributed by atoms with Gasteiger partial charge in [-0.3, -0.25) is 0 Å². The summed E-state index contributed by atoms with van der Waals surface area (Å²) in [6.45, 7) is 0. The zero-order valence-electron chi connectivity index (χ0n) is 6.97. The molecule has 0 aliphatic heterocycles. The number of hydrogen-bond donors (Lipinski definition) is 1. The average molecular weight is 221 g/mol. The van der Waals surface area contributed by atoms with Crippen LogP contribution in [0.15, 0.2) is 6.07 Å². The molecule has 4 nitrogen and oxygen atoms in total. The second kappa shape index (κ2) is 3.61. The van der Waals surface area contributed by atoms with Crippen molar-refractivity contribution >= 4 is 5.82 Å². The number of halogens is 4. The van der Waals surface area contributed by atoms with Gasteiger partial charge in [0.1, 0.15) is 11.6 Å². The van der Waals surface area contributed by atoms with Crippen molar-refractivity contribution in [3.63, 3.8) is 0 Å². The van der Waals surface area contributed by atoms with Crippen LogP contribution in [0.3, 0.4) is 0 Å². The number of nitrogens with zero attached hydrogens (tertiary/aromatic N) is 2. The molecule has 1 heterocycles. The largest absolute Gasteiger partial charge is 0.573 e. The molecule has 0 bridgehead atoms. The van der Waals surface area contributed by atoms with E-state index in [1.54, 1.807) is 0 Å². The van der Waals surface area contributed by atoms with Crippen molar-refractivity contribution in [3.05, 3.63) is 17.6 Å². The molecule has 1 aromatic rings. The molecule has 0 aromatic carbocycles. The van der Waals surface area contributed by atoms with Gasteiger partial charge >= 0.3 is 6.36 Å². The summed E-state index contributed by atoms with van der Waals surface area (Å²) in [5.41, 5.74) is 4.31. The SMILES string of the molecule is N#Cc1cc(F)nc(N)c1OC(F)(F)F. The molecule has 0 aliphatic carbocycles. The number of pyridine rings is 1. The first-order valence-corrected chi connectivity index (χ1v) is 3.45. The first-order valence-electron chi connectivity index (χ1n) is 3.45. The van der Waals surface area contributed by atoms with Crippen LogP contribution in [0.1, 0.15) is 5.56 Å². The number of nitrogen functional groups attached to an aromatic ring is 1. The van der Waals surface area contributed by atoms with Crippen LogP contribution < -0.4 is 10.5 Å². The van der Waals surface area contributed by atoms with Gasteiger partial charge in [-0.25, -0.2) is 0 Å². The second-order valence-electron chi connectivity index (χ2n) is 2.37. The van der Waals surface area contributed by atoms with E-state index < -0.39 is 29.4 Å². The number of rotatable bonds is 1. The predicted molar refractivity (Wildman–Crippen MR) is 40.0 cm³/mol. The molecular formula is C7H3F4N3O. The summed E-state index contributed by atoms with van der Waals surface area (Å²) >= 11 is 0. The van der Waals surface area contributed by atoms with Gasteiger partial charge in [-0.15, -0.1) is 13.2 Å². The third kappa shape index (κ3) is 2.70. The standard InChI is InChI=1S/C7H3F4N3O/c8-4-1-3(2-12)5(6(13)14-4)15-7(9,10)11/h1H,(H2,13,14). The van der Waals surface area contributed by atoms with Gasteiger partial charge in [-0.2, -0.15) is 14.6 Å². The number of nitrogens with two attached hydrogens (primary N) is 1. The third-order valence-electron chi connectivity index (χ3n) is 1.31. The fourth-order valence-electron chi connectivity index (χ4n) is 0.827. The smallest absolute Gasteiger partial charge is 0.400 e. The van der Waals surface area contributed by atoms with Crippen LogP contribution in [0.4, 0.5) is 23.4 Å². The van der Waals surface area contributed by atoms with E-state index in [1.807, 2.05) is 0 Å². The lowest BCUT2D eigenvalue weighted by atomic mass is 10.2. The molecular weight excluding hydrogens is 218 g/mol. The Labute approximate surface area is 80.9 Å². The molecule has 0 spiro atoms. The normalized spacial score (nSPS) is 10.9. The highest BCUT2D eigenvalue weighted by atomic mass is 19.4. The number of ether oxygens (including phenoxy) is 1. The lowest BCUT2D eigenvalue weighted by Crippen LogP contribution is -2.19. The maximum Gasteiger partial charge on any atom is 0.573 e. The highest BCUT2D eigenvalue weighted by Crippen LogP contribution is 2.30. The van der Waals surface area contributed by atoms with E-state index in [4.69, 9.17) is 11.0 Å². The van der Waals surface area contributed by atoms with Crippen molar-refractivity contribution in [3.8, 4) is 11.8 Å². The van der Waals surface area contributed by atoms with Crippen molar-refractivity contribution in [2.45, 2.75) is 6.36 Å². The van der Waals surface area contributed by atoms with Crippen molar-refractivity contribution < 1.29 is 22.3 Å². The monoisotopic (exact) mass is 221 g/mol. The van der Waals surface area contributed by atoms with E-state index in [0.717, 1.165) is 0 Å². The molecule has 0 radical (unpaired) electrons. The molecule has 0 fully saturated rings. The number of anilines is 1. The van der Waals surface area contributed by atoms with E-state index in [-0.39, 0.29) is 0 Å². The Kier molecular flexibility index (Phi) is 2.65.